The highest BCUT2D eigenvalue weighted by Crippen LogP contribution is 2.54. The molecule has 2 aliphatic carbocycles. The highest BCUT2D eigenvalue weighted by atomic mass is 79.9. The quantitative estimate of drug-likeness (QED) is 0.373. The fraction of sp³-hybridized carbons (Fsp3) is 0.400. The van der Waals surface area contributed by atoms with Crippen molar-refractivity contribution in [2.75, 3.05) is 7.05 Å². The van der Waals surface area contributed by atoms with Crippen molar-refractivity contribution in [3.63, 3.8) is 0 Å². The number of halogens is 1. The van der Waals surface area contributed by atoms with E-state index in [0.29, 0.717) is 28.5 Å². The number of carbonyl (C=O) groups excluding carboxylic acids is 2. The van der Waals surface area contributed by atoms with Crippen molar-refractivity contribution in [2.24, 2.45) is 10.8 Å². The summed E-state index contributed by atoms with van der Waals surface area (Å²) in [4.78, 5) is 29.4. The Labute approximate surface area is 233 Å². The first-order valence-corrected chi connectivity index (χ1v) is 14.9. The number of carbonyl (C=O) groups is 2. The normalized spacial score (nSPS) is 21.4. The van der Waals surface area contributed by atoms with Crippen LogP contribution in [0.4, 0.5) is 0 Å². The van der Waals surface area contributed by atoms with E-state index < -0.39 is 16.0 Å². The van der Waals surface area contributed by atoms with Crippen molar-refractivity contribution in [2.45, 2.75) is 64.2 Å². The Hall–Kier alpha value is -2.71. The molecule has 0 amide bonds. The predicted molar refractivity (Wildman–Crippen MR) is 149 cm³/mol. The Morgan fingerprint density at radius 3 is 1.87 bits per heavy atom. The van der Waals surface area contributed by atoms with Gasteiger partial charge in [0.25, 0.3) is 0 Å². The number of nitrogens with zero attached hydrogens (tertiary/aromatic N) is 1. The number of Topliss-reactive ketones (excluding diaryl/α,β-unsaturated/α-hetero) is 2. The van der Waals surface area contributed by atoms with Crippen LogP contribution in [0.2, 0.25) is 0 Å². The second kappa shape index (κ2) is 9.19. The number of hydrogen-bond acceptors (Lipinski definition) is 6. The average Bonchev–Trinajstić information content (AvgIpc) is 2.81. The molecule has 0 unspecified atom stereocenters. The van der Waals surface area contributed by atoms with Crippen LogP contribution in [-0.2, 0) is 19.7 Å². The van der Waals surface area contributed by atoms with Crippen molar-refractivity contribution < 1.29 is 22.2 Å². The van der Waals surface area contributed by atoms with Crippen molar-refractivity contribution >= 4 is 37.6 Å². The lowest BCUT2D eigenvalue weighted by molar-refractivity contribution is -0.119. The van der Waals surface area contributed by atoms with Crippen LogP contribution < -0.4 is 4.18 Å². The fourth-order valence-corrected chi connectivity index (χ4v) is 7.57. The number of rotatable bonds is 4. The van der Waals surface area contributed by atoms with E-state index in [1.54, 1.807) is 36.4 Å². The van der Waals surface area contributed by atoms with Gasteiger partial charge < -0.3 is 9.08 Å². The second-order valence-corrected chi connectivity index (χ2v) is 14.5. The Kier molecular flexibility index (Phi) is 6.50. The molecule has 1 heterocycles. The maximum Gasteiger partial charge on any atom is 0.339 e. The average molecular weight is 599 g/mol. The van der Waals surface area contributed by atoms with E-state index in [-0.39, 0.29) is 33.0 Å². The van der Waals surface area contributed by atoms with Crippen LogP contribution in [-0.4, -0.2) is 31.9 Å². The van der Waals surface area contributed by atoms with Gasteiger partial charge in [0.05, 0.1) is 4.47 Å². The predicted octanol–water partition coefficient (Wildman–Crippen LogP) is 6.53. The molecule has 6 nitrogen and oxygen atoms in total. The lowest BCUT2D eigenvalue weighted by Crippen LogP contribution is -2.43. The Bertz CT molecular complexity index is 1460. The van der Waals surface area contributed by atoms with Gasteiger partial charge in [0.15, 0.2) is 17.3 Å². The first-order chi connectivity index (χ1) is 17.7. The molecule has 0 radical (unpaired) electrons. The van der Waals surface area contributed by atoms with Crippen LogP contribution in [0.5, 0.6) is 5.75 Å². The number of ketones is 2. The molecule has 2 aromatic carbocycles. The van der Waals surface area contributed by atoms with E-state index in [2.05, 4.69) is 48.5 Å². The van der Waals surface area contributed by atoms with E-state index >= 15 is 0 Å². The Morgan fingerprint density at radius 2 is 1.37 bits per heavy atom. The van der Waals surface area contributed by atoms with Gasteiger partial charge in [-0.3, -0.25) is 9.59 Å². The molecule has 0 fully saturated rings. The Balaban J connectivity index is 1.62. The third-order valence-corrected chi connectivity index (χ3v) is 9.57. The second-order valence-electron chi connectivity index (χ2n) is 12.1. The highest BCUT2D eigenvalue weighted by molar-refractivity contribution is 9.10. The molecule has 2 aromatic rings. The van der Waals surface area contributed by atoms with E-state index in [1.165, 1.54) is 12.1 Å². The SMILES string of the molecule is CN1C2=C(C(=O)CC(C)(C)C2)C(c2ccc(OS(=O)(=O)c3ccccc3)c(Br)c2)C2=C1CC(C)(C)CC2=O. The van der Waals surface area contributed by atoms with Gasteiger partial charge in [-0.15, -0.1) is 0 Å². The topological polar surface area (TPSA) is 80.8 Å². The molecule has 0 spiro atoms. The van der Waals surface area contributed by atoms with E-state index in [4.69, 9.17) is 4.18 Å². The Morgan fingerprint density at radius 1 is 0.842 bits per heavy atom. The maximum atomic E-state index is 13.6. The van der Waals surface area contributed by atoms with E-state index in [9.17, 15) is 18.0 Å². The van der Waals surface area contributed by atoms with Crippen LogP contribution in [0.15, 0.2) is 80.4 Å². The lowest BCUT2D eigenvalue weighted by atomic mass is 9.64. The van der Waals surface area contributed by atoms with Gasteiger partial charge >= 0.3 is 10.1 Å². The minimum absolute atomic E-state index is 0.0559. The minimum Gasteiger partial charge on any atom is -0.378 e. The van der Waals surface area contributed by atoms with Gasteiger partial charge in [-0.1, -0.05) is 52.0 Å². The van der Waals surface area contributed by atoms with Gasteiger partial charge in [-0.25, -0.2) is 0 Å². The van der Waals surface area contributed by atoms with Crippen molar-refractivity contribution in [3.05, 3.63) is 81.1 Å². The summed E-state index contributed by atoms with van der Waals surface area (Å²) >= 11 is 3.49. The van der Waals surface area contributed by atoms with Crippen LogP contribution in [0.25, 0.3) is 0 Å². The molecular weight excluding hydrogens is 566 g/mol. The number of benzene rings is 2. The van der Waals surface area contributed by atoms with Gasteiger partial charge in [0.1, 0.15) is 4.90 Å². The molecule has 5 rings (SSSR count). The van der Waals surface area contributed by atoms with Crippen molar-refractivity contribution in [1.29, 1.82) is 0 Å². The first kappa shape index (κ1) is 26.9. The molecule has 8 heteroatoms. The summed E-state index contributed by atoms with van der Waals surface area (Å²) in [6.07, 6.45) is 2.31. The van der Waals surface area contributed by atoms with Crippen LogP contribution >= 0.6 is 15.9 Å². The van der Waals surface area contributed by atoms with E-state index in [0.717, 1.165) is 29.8 Å². The molecule has 0 bridgehead atoms. The number of hydrogen-bond donors (Lipinski definition) is 0. The summed E-state index contributed by atoms with van der Waals surface area (Å²) in [6.45, 7) is 8.42. The summed E-state index contributed by atoms with van der Waals surface area (Å²) in [5.74, 6) is -0.249. The molecule has 3 aliphatic rings. The summed E-state index contributed by atoms with van der Waals surface area (Å²) in [5, 5.41) is 0. The first-order valence-electron chi connectivity index (χ1n) is 12.7. The molecule has 200 valence electrons. The molecule has 1 aliphatic heterocycles. The van der Waals surface area contributed by atoms with Crippen LogP contribution in [0.1, 0.15) is 64.9 Å². The molecule has 0 saturated heterocycles. The molecule has 0 saturated carbocycles. The zero-order valence-corrected chi connectivity index (χ0v) is 24.7. The standard InChI is InChI=1S/C30H32BrNO5S/c1-29(2)14-21-27(23(33)16-29)26(28-22(32(21)5)15-30(3,4)17-24(28)34)18-11-12-25(20(31)13-18)37-38(35,36)19-9-7-6-8-10-19/h6-13,26H,14-17H2,1-5H3. The smallest absolute Gasteiger partial charge is 0.339 e. The molecule has 0 aromatic heterocycles. The van der Waals surface area contributed by atoms with Crippen molar-refractivity contribution in [3.8, 4) is 5.75 Å². The van der Waals surface area contributed by atoms with Crippen LogP contribution in [0, 0.1) is 10.8 Å². The van der Waals surface area contributed by atoms with E-state index in [1.807, 2.05) is 7.05 Å². The highest BCUT2D eigenvalue weighted by Gasteiger charge is 2.48. The number of allylic oxidation sites excluding steroid dienone is 4. The van der Waals surface area contributed by atoms with Gasteiger partial charge in [-0.05, 0) is 69.4 Å². The maximum absolute atomic E-state index is 13.6. The third kappa shape index (κ3) is 4.77. The summed E-state index contributed by atoms with van der Waals surface area (Å²) in [7, 11) is -2.05. The molecule has 38 heavy (non-hydrogen) atoms. The molecule has 0 N–H and O–H groups in total. The van der Waals surface area contributed by atoms with Crippen LogP contribution in [0.3, 0.4) is 0 Å². The van der Waals surface area contributed by atoms with Gasteiger partial charge in [0.2, 0.25) is 0 Å². The zero-order valence-electron chi connectivity index (χ0n) is 22.3. The molecular formula is C30H32BrNO5S. The minimum atomic E-state index is -4.03. The summed E-state index contributed by atoms with van der Waals surface area (Å²) in [5.41, 5.74) is 3.71. The summed E-state index contributed by atoms with van der Waals surface area (Å²) in [6, 6.07) is 13.1. The largest absolute Gasteiger partial charge is 0.378 e. The lowest BCUT2D eigenvalue weighted by Gasteiger charge is -2.47. The fourth-order valence-electron chi connectivity index (χ4n) is 6.02. The van der Waals surface area contributed by atoms with Gasteiger partial charge in [-0.2, -0.15) is 8.42 Å². The van der Waals surface area contributed by atoms with Crippen molar-refractivity contribution in [1.82, 2.24) is 4.90 Å². The third-order valence-electron chi connectivity index (χ3n) is 7.70. The summed E-state index contributed by atoms with van der Waals surface area (Å²) < 4.78 is 31.5. The molecule has 0 atom stereocenters. The zero-order chi connectivity index (χ0) is 27.6. The monoisotopic (exact) mass is 597 g/mol. The van der Waals surface area contributed by atoms with Gasteiger partial charge in [0, 0.05) is 48.3 Å².